The zero-order chi connectivity index (χ0) is 24.8. The number of hydrogen-bond acceptors (Lipinski definition) is 6. The molecule has 0 N–H and O–H groups in total. The molecule has 1 aromatic heterocycles. The first kappa shape index (κ1) is 22.2. The molecule has 0 amide bonds. The first-order valence-corrected chi connectivity index (χ1v) is 12.4. The number of nitrogens with zero attached hydrogens (tertiary/aromatic N) is 2. The molecule has 0 spiro atoms. The van der Waals surface area contributed by atoms with Crippen molar-refractivity contribution in [3.63, 3.8) is 0 Å². The smallest absolute Gasteiger partial charge is 0.271 e. The van der Waals surface area contributed by atoms with E-state index in [0.717, 1.165) is 46.6 Å². The van der Waals surface area contributed by atoms with Crippen molar-refractivity contribution in [3.8, 4) is 5.75 Å². The van der Waals surface area contributed by atoms with Gasteiger partial charge in [-0.3, -0.25) is 9.36 Å². The van der Waals surface area contributed by atoms with Crippen LogP contribution in [0.4, 0.5) is 0 Å². The maximum absolute atomic E-state index is 13.8. The Morgan fingerprint density at radius 3 is 2.67 bits per heavy atom. The summed E-state index contributed by atoms with van der Waals surface area (Å²) in [5, 5.41) is 11.1. The molecule has 0 fully saturated rings. The lowest BCUT2D eigenvalue weighted by Crippen LogP contribution is -2.38. The van der Waals surface area contributed by atoms with Crippen LogP contribution < -0.4 is 24.7 Å². The Hall–Kier alpha value is -4.23. The third-order valence-corrected chi connectivity index (χ3v) is 7.71. The van der Waals surface area contributed by atoms with Crippen LogP contribution in [0.1, 0.15) is 45.1 Å². The highest BCUT2D eigenvalue weighted by Gasteiger charge is 2.32. The van der Waals surface area contributed by atoms with Gasteiger partial charge in [-0.1, -0.05) is 72.0 Å². The van der Waals surface area contributed by atoms with Gasteiger partial charge in [-0.25, -0.2) is 4.99 Å². The molecule has 4 aromatic rings. The van der Waals surface area contributed by atoms with Crippen molar-refractivity contribution in [1.29, 1.82) is 0 Å². The zero-order valence-electron chi connectivity index (χ0n) is 19.4. The number of hydrogen-bond donors (Lipinski definition) is 0. The monoisotopic (exact) mass is 493 g/mol. The van der Waals surface area contributed by atoms with Crippen molar-refractivity contribution in [2.24, 2.45) is 4.99 Å². The van der Waals surface area contributed by atoms with Crippen LogP contribution in [0.2, 0.25) is 0 Å². The molecule has 0 unspecified atom stereocenters. The summed E-state index contributed by atoms with van der Waals surface area (Å²) >= 11 is 1.34. The predicted molar refractivity (Wildman–Crippen MR) is 137 cm³/mol. The number of fused-ring (bicyclic) bond motifs is 3. The number of aryl methyl sites for hydroxylation is 1. The fourth-order valence-corrected chi connectivity index (χ4v) is 6.00. The summed E-state index contributed by atoms with van der Waals surface area (Å²) in [5.74, 6) is -0.497. The molecule has 2 heterocycles. The molecular weight excluding hydrogens is 472 g/mol. The molecule has 7 heteroatoms. The molecule has 0 bridgehead atoms. The average Bonchev–Trinajstić information content (AvgIpc) is 3.22. The lowest BCUT2D eigenvalue weighted by Gasteiger charge is -2.31. The van der Waals surface area contributed by atoms with Gasteiger partial charge < -0.3 is 14.6 Å². The Labute approximate surface area is 210 Å². The van der Waals surface area contributed by atoms with Gasteiger partial charge in [-0.15, -0.1) is 0 Å². The van der Waals surface area contributed by atoms with Crippen LogP contribution in [0.15, 0.2) is 88.2 Å². The Balaban J connectivity index is 1.58. The van der Waals surface area contributed by atoms with Crippen molar-refractivity contribution in [2.75, 3.05) is 7.11 Å². The molecular formula is C29H21N2O4S-. The quantitative estimate of drug-likeness (QED) is 0.438. The predicted octanol–water partition coefficient (Wildman–Crippen LogP) is 2.69. The normalized spacial score (nSPS) is 16.6. The fraction of sp³-hybridized carbons (Fsp3) is 0.138. The van der Waals surface area contributed by atoms with Gasteiger partial charge in [-0.05, 0) is 58.9 Å². The van der Waals surface area contributed by atoms with E-state index in [9.17, 15) is 14.7 Å². The number of benzene rings is 3. The minimum Gasteiger partial charge on any atom is -0.545 e. The number of aromatic nitrogens is 1. The van der Waals surface area contributed by atoms with Gasteiger partial charge in [0.15, 0.2) is 4.80 Å². The van der Waals surface area contributed by atoms with Crippen LogP contribution >= 0.6 is 11.3 Å². The fourth-order valence-electron chi connectivity index (χ4n) is 5.00. The molecule has 0 saturated carbocycles. The van der Waals surface area contributed by atoms with E-state index in [1.807, 2.05) is 36.4 Å². The molecule has 1 aliphatic carbocycles. The lowest BCUT2D eigenvalue weighted by atomic mass is 9.83. The molecule has 1 aliphatic heterocycles. The summed E-state index contributed by atoms with van der Waals surface area (Å²) in [4.78, 5) is 30.5. The number of ether oxygens (including phenoxy) is 1. The Bertz CT molecular complexity index is 1730. The average molecular weight is 494 g/mol. The Morgan fingerprint density at radius 1 is 1.08 bits per heavy atom. The lowest BCUT2D eigenvalue weighted by molar-refractivity contribution is -0.255. The van der Waals surface area contributed by atoms with Crippen molar-refractivity contribution in [3.05, 3.63) is 126 Å². The molecule has 178 valence electrons. The number of aromatic carboxylic acids is 1. The van der Waals surface area contributed by atoms with Crippen molar-refractivity contribution < 1.29 is 14.6 Å². The SMILES string of the molecule is COc1cccc([C@@H]2C3=C(N=c4s/c(=C/c5ccc(C(=O)[O-])cc5)c(=O)n42)c2ccccc2CC3)c1. The van der Waals surface area contributed by atoms with Gasteiger partial charge in [0.2, 0.25) is 0 Å². The van der Waals surface area contributed by atoms with Crippen LogP contribution in [0, 0.1) is 0 Å². The highest BCUT2D eigenvalue weighted by molar-refractivity contribution is 7.07. The molecule has 0 radical (unpaired) electrons. The van der Waals surface area contributed by atoms with Crippen molar-refractivity contribution >= 4 is 29.1 Å². The number of carbonyl (C=O) groups excluding carboxylic acids is 1. The number of carbonyl (C=O) groups is 1. The van der Waals surface area contributed by atoms with Gasteiger partial charge in [0, 0.05) is 5.56 Å². The van der Waals surface area contributed by atoms with Crippen molar-refractivity contribution in [2.45, 2.75) is 18.9 Å². The van der Waals surface area contributed by atoms with Gasteiger partial charge in [0.1, 0.15) is 5.75 Å². The Kier molecular flexibility index (Phi) is 5.42. The third kappa shape index (κ3) is 3.69. The summed E-state index contributed by atoms with van der Waals surface area (Å²) in [6.45, 7) is 0. The van der Waals surface area contributed by atoms with Gasteiger partial charge in [0.05, 0.1) is 29.4 Å². The van der Waals surface area contributed by atoms with E-state index in [1.54, 1.807) is 29.9 Å². The summed E-state index contributed by atoms with van der Waals surface area (Å²) in [6.07, 6.45) is 3.48. The number of thiazole rings is 1. The molecule has 36 heavy (non-hydrogen) atoms. The highest BCUT2D eigenvalue weighted by Crippen LogP contribution is 2.41. The first-order chi connectivity index (χ1) is 17.5. The number of methoxy groups -OCH3 is 1. The molecule has 1 atom stereocenters. The minimum absolute atomic E-state index is 0.0953. The van der Waals surface area contributed by atoms with Gasteiger partial charge in [-0.2, -0.15) is 0 Å². The summed E-state index contributed by atoms with van der Waals surface area (Å²) in [5.41, 5.74) is 6.12. The minimum atomic E-state index is -1.23. The van der Waals surface area contributed by atoms with Crippen LogP contribution in [0.25, 0.3) is 11.8 Å². The van der Waals surface area contributed by atoms with Crippen LogP contribution in [0.5, 0.6) is 5.75 Å². The van der Waals surface area contributed by atoms with E-state index in [-0.39, 0.29) is 17.2 Å². The van der Waals surface area contributed by atoms with E-state index in [1.165, 1.54) is 29.0 Å². The second kappa shape index (κ2) is 8.77. The summed E-state index contributed by atoms with van der Waals surface area (Å²) in [7, 11) is 1.64. The zero-order valence-corrected chi connectivity index (χ0v) is 20.2. The van der Waals surface area contributed by atoms with E-state index in [0.29, 0.717) is 9.33 Å². The second-order valence-electron chi connectivity index (χ2n) is 8.80. The van der Waals surface area contributed by atoms with Gasteiger partial charge >= 0.3 is 0 Å². The molecule has 6 rings (SSSR count). The summed E-state index contributed by atoms with van der Waals surface area (Å²) < 4.78 is 7.81. The van der Waals surface area contributed by atoms with E-state index < -0.39 is 5.97 Å². The first-order valence-electron chi connectivity index (χ1n) is 11.6. The number of carboxylic acids is 1. The van der Waals surface area contributed by atoms with E-state index >= 15 is 0 Å². The largest absolute Gasteiger partial charge is 0.545 e. The molecule has 2 aliphatic rings. The molecule has 3 aromatic carbocycles. The van der Waals surface area contributed by atoms with E-state index in [4.69, 9.17) is 9.73 Å². The van der Waals surface area contributed by atoms with Crippen LogP contribution in [-0.2, 0) is 6.42 Å². The van der Waals surface area contributed by atoms with Crippen LogP contribution in [-0.4, -0.2) is 17.6 Å². The second-order valence-corrected chi connectivity index (χ2v) is 9.81. The maximum Gasteiger partial charge on any atom is 0.271 e. The van der Waals surface area contributed by atoms with Crippen molar-refractivity contribution in [1.82, 2.24) is 4.57 Å². The topological polar surface area (TPSA) is 83.7 Å². The number of allylic oxidation sites excluding steroid dienone is 1. The number of carboxylic acid groups (broad SMARTS) is 1. The standard InChI is InChI=1S/C29H22N2O4S/c1-35-21-7-4-6-20(16-21)26-23-14-13-18-5-2-3-8-22(18)25(23)30-29-31(26)27(32)24(36-29)15-17-9-11-19(12-10-17)28(33)34/h2-12,15-16,26H,13-14H2,1H3,(H,33,34)/p-1/b24-15+/t26-/m1/s1. The van der Waals surface area contributed by atoms with Gasteiger partial charge in [0.25, 0.3) is 5.56 Å². The number of rotatable bonds is 4. The van der Waals surface area contributed by atoms with E-state index in [2.05, 4.69) is 12.1 Å². The third-order valence-electron chi connectivity index (χ3n) is 6.73. The maximum atomic E-state index is 13.8. The van der Waals surface area contributed by atoms with Crippen LogP contribution in [0.3, 0.4) is 0 Å². The summed E-state index contributed by atoms with van der Waals surface area (Å²) in [6, 6.07) is 22.2. The molecule has 6 nitrogen and oxygen atoms in total. The highest BCUT2D eigenvalue weighted by atomic mass is 32.1. The molecule has 0 saturated heterocycles. The Morgan fingerprint density at radius 2 is 1.89 bits per heavy atom.